The summed E-state index contributed by atoms with van der Waals surface area (Å²) in [6.07, 6.45) is 0. The number of sulfonamides is 1. The van der Waals surface area contributed by atoms with Gasteiger partial charge in [-0.1, -0.05) is 12.1 Å². The standard InChI is InChI=1S/C14H17BrN2O2S2/c1-9(11-5-4-6-12(16)7-11)17(3)21(18,19)13-8-14(15)20-10(13)2/h4-9H,16H2,1-3H3. The van der Waals surface area contributed by atoms with E-state index >= 15 is 0 Å². The van der Waals surface area contributed by atoms with E-state index in [4.69, 9.17) is 5.73 Å². The Hall–Kier alpha value is -0.890. The molecule has 21 heavy (non-hydrogen) atoms. The summed E-state index contributed by atoms with van der Waals surface area (Å²) in [5.74, 6) is 0. The van der Waals surface area contributed by atoms with Crippen molar-refractivity contribution in [2.75, 3.05) is 12.8 Å². The molecule has 0 amide bonds. The molecule has 1 aromatic carbocycles. The van der Waals surface area contributed by atoms with Crippen LogP contribution >= 0.6 is 27.3 Å². The molecule has 0 aliphatic heterocycles. The molecule has 2 N–H and O–H groups in total. The number of hydrogen-bond donors (Lipinski definition) is 1. The van der Waals surface area contributed by atoms with E-state index in [2.05, 4.69) is 15.9 Å². The zero-order valence-corrected chi connectivity index (χ0v) is 15.2. The van der Waals surface area contributed by atoms with Gasteiger partial charge in [0.1, 0.15) is 0 Å². The van der Waals surface area contributed by atoms with Crippen LogP contribution in [0.2, 0.25) is 0 Å². The average molecular weight is 389 g/mol. The van der Waals surface area contributed by atoms with Gasteiger partial charge in [0, 0.05) is 23.7 Å². The molecule has 0 saturated carbocycles. The van der Waals surface area contributed by atoms with Crippen molar-refractivity contribution >= 4 is 43.0 Å². The first-order chi connectivity index (χ1) is 9.73. The highest BCUT2D eigenvalue weighted by Gasteiger charge is 2.29. The third-order valence-corrected chi connectivity index (χ3v) is 7.17. The second-order valence-corrected chi connectivity index (χ2v) is 9.44. The molecule has 2 rings (SSSR count). The summed E-state index contributed by atoms with van der Waals surface area (Å²) in [5.41, 5.74) is 7.26. The number of anilines is 1. The number of halogens is 1. The molecule has 4 nitrogen and oxygen atoms in total. The van der Waals surface area contributed by atoms with Gasteiger partial charge < -0.3 is 5.73 Å². The fourth-order valence-corrected chi connectivity index (χ4v) is 5.81. The highest BCUT2D eigenvalue weighted by Crippen LogP contribution is 2.34. The number of hydrogen-bond acceptors (Lipinski definition) is 4. The SMILES string of the molecule is Cc1sc(Br)cc1S(=O)(=O)N(C)C(C)c1cccc(N)c1. The lowest BCUT2D eigenvalue weighted by molar-refractivity contribution is 0.398. The number of rotatable bonds is 4. The second kappa shape index (κ2) is 6.08. The second-order valence-electron chi connectivity index (χ2n) is 4.84. The van der Waals surface area contributed by atoms with Crippen molar-refractivity contribution in [1.29, 1.82) is 0 Å². The zero-order chi connectivity index (χ0) is 15.8. The molecule has 0 bridgehead atoms. The molecule has 2 aromatic rings. The number of thiophene rings is 1. The highest BCUT2D eigenvalue weighted by molar-refractivity contribution is 9.11. The lowest BCUT2D eigenvalue weighted by Gasteiger charge is -2.24. The van der Waals surface area contributed by atoms with Gasteiger partial charge in [-0.2, -0.15) is 4.31 Å². The molecule has 1 unspecified atom stereocenters. The van der Waals surface area contributed by atoms with Gasteiger partial charge in [-0.25, -0.2) is 8.42 Å². The van der Waals surface area contributed by atoms with Crippen LogP contribution in [-0.2, 0) is 10.0 Å². The summed E-state index contributed by atoms with van der Waals surface area (Å²) in [6, 6.07) is 8.64. The third-order valence-electron chi connectivity index (χ3n) is 3.44. The Morgan fingerprint density at radius 3 is 2.52 bits per heavy atom. The number of benzene rings is 1. The molecule has 0 saturated heterocycles. The summed E-state index contributed by atoms with van der Waals surface area (Å²) >= 11 is 4.75. The predicted molar refractivity (Wildman–Crippen MR) is 91.0 cm³/mol. The first-order valence-electron chi connectivity index (χ1n) is 6.33. The zero-order valence-electron chi connectivity index (χ0n) is 12.0. The van der Waals surface area contributed by atoms with E-state index < -0.39 is 10.0 Å². The largest absolute Gasteiger partial charge is 0.399 e. The molecule has 1 atom stereocenters. The molecule has 0 spiro atoms. The minimum absolute atomic E-state index is 0.295. The first kappa shape index (κ1) is 16.5. The molecule has 114 valence electrons. The van der Waals surface area contributed by atoms with Crippen molar-refractivity contribution in [2.45, 2.75) is 24.8 Å². The van der Waals surface area contributed by atoms with Gasteiger partial charge in [-0.05, 0) is 53.5 Å². The molecule has 7 heteroatoms. The average Bonchev–Trinajstić information content (AvgIpc) is 2.76. The van der Waals surface area contributed by atoms with Crippen molar-refractivity contribution in [3.8, 4) is 0 Å². The Labute approximate surface area is 137 Å². The Morgan fingerprint density at radius 1 is 1.33 bits per heavy atom. The van der Waals surface area contributed by atoms with Crippen LogP contribution in [0.1, 0.15) is 23.4 Å². The lowest BCUT2D eigenvalue weighted by Crippen LogP contribution is -2.30. The Bertz CT molecular complexity index is 756. The molecule has 0 fully saturated rings. The molecule has 1 heterocycles. The minimum Gasteiger partial charge on any atom is -0.399 e. The molecule has 0 radical (unpaired) electrons. The number of nitrogens with two attached hydrogens (primary N) is 1. The van der Waals surface area contributed by atoms with E-state index in [1.165, 1.54) is 15.6 Å². The van der Waals surface area contributed by atoms with Crippen LogP contribution in [0.15, 0.2) is 39.0 Å². The van der Waals surface area contributed by atoms with E-state index in [-0.39, 0.29) is 6.04 Å². The monoisotopic (exact) mass is 388 g/mol. The fourth-order valence-electron chi connectivity index (χ4n) is 2.08. The predicted octanol–water partition coefficient (Wildman–Crippen LogP) is 3.78. The van der Waals surface area contributed by atoms with Gasteiger partial charge in [0.15, 0.2) is 0 Å². The van der Waals surface area contributed by atoms with E-state index in [0.717, 1.165) is 14.2 Å². The van der Waals surface area contributed by atoms with E-state index in [9.17, 15) is 8.42 Å². The molecule has 0 aliphatic rings. The van der Waals surface area contributed by atoms with Crippen LogP contribution in [-0.4, -0.2) is 19.8 Å². The van der Waals surface area contributed by atoms with Crippen molar-refractivity contribution in [2.24, 2.45) is 0 Å². The summed E-state index contributed by atoms with van der Waals surface area (Å²) in [4.78, 5) is 1.12. The minimum atomic E-state index is -3.54. The normalized spacial score (nSPS) is 13.6. The molecule has 0 aliphatic carbocycles. The highest BCUT2D eigenvalue weighted by atomic mass is 79.9. The number of nitrogens with zero attached hydrogens (tertiary/aromatic N) is 1. The Kier molecular flexibility index (Phi) is 4.77. The van der Waals surface area contributed by atoms with Crippen molar-refractivity contribution in [3.63, 3.8) is 0 Å². The van der Waals surface area contributed by atoms with Gasteiger partial charge >= 0.3 is 0 Å². The van der Waals surface area contributed by atoms with Crippen LogP contribution in [0.4, 0.5) is 5.69 Å². The van der Waals surface area contributed by atoms with E-state index in [1.807, 2.05) is 19.1 Å². The van der Waals surface area contributed by atoms with Crippen LogP contribution in [0.5, 0.6) is 0 Å². The third kappa shape index (κ3) is 3.31. The summed E-state index contributed by atoms with van der Waals surface area (Å²) in [5, 5.41) is 0. The van der Waals surface area contributed by atoms with E-state index in [1.54, 1.807) is 32.2 Å². The molecule has 1 aromatic heterocycles. The maximum absolute atomic E-state index is 12.7. The van der Waals surface area contributed by atoms with Crippen LogP contribution < -0.4 is 5.73 Å². The summed E-state index contributed by atoms with van der Waals surface area (Å²) in [7, 11) is -1.94. The maximum Gasteiger partial charge on any atom is 0.244 e. The summed E-state index contributed by atoms with van der Waals surface area (Å²) < 4.78 is 27.7. The Balaban J connectivity index is 2.38. The van der Waals surface area contributed by atoms with Gasteiger partial charge in [-0.15, -0.1) is 11.3 Å². The van der Waals surface area contributed by atoms with Crippen molar-refractivity contribution in [3.05, 3.63) is 44.6 Å². The van der Waals surface area contributed by atoms with Gasteiger partial charge in [0.2, 0.25) is 10.0 Å². The first-order valence-corrected chi connectivity index (χ1v) is 9.38. The van der Waals surface area contributed by atoms with Gasteiger partial charge in [-0.3, -0.25) is 0 Å². The molecular formula is C14H17BrN2O2S2. The van der Waals surface area contributed by atoms with Gasteiger partial charge in [0.05, 0.1) is 8.68 Å². The topological polar surface area (TPSA) is 63.4 Å². The maximum atomic E-state index is 12.7. The number of nitrogen functional groups attached to an aromatic ring is 1. The van der Waals surface area contributed by atoms with Crippen molar-refractivity contribution in [1.82, 2.24) is 4.31 Å². The van der Waals surface area contributed by atoms with Gasteiger partial charge in [0.25, 0.3) is 0 Å². The van der Waals surface area contributed by atoms with Crippen LogP contribution in [0, 0.1) is 6.92 Å². The summed E-state index contributed by atoms with van der Waals surface area (Å²) in [6.45, 7) is 3.66. The fraction of sp³-hybridized carbons (Fsp3) is 0.286. The Morgan fingerprint density at radius 2 is 2.00 bits per heavy atom. The lowest BCUT2D eigenvalue weighted by atomic mass is 10.1. The van der Waals surface area contributed by atoms with E-state index in [0.29, 0.717) is 10.6 Å². The molecular weight excluding hydrogens is 372 g/mol. The quantitative estimate of drug-likeness (QED) is 0.810. The smallest absolute Gasteiger partial charge is 0.244 e. The van der Waals surface area contributed by atoms with Crippen LogP contribution in [0.3, 0.4) is 0 Å². The number of aryl methyl sites for hydroxylation is 1. The van der Waals surface area contributed by atoms with Crippen molar-refractivity contribution < 1.29 is 8.42 Å². The van der Waals surface area contributed by atoms with Crippen LogP contribution in [0.25, 0.3) is 0 Å².